The van der Waals surface area contributed by atoms with E-state index in [1.54, 1.807) is 0 Å². The highest BCUT2D eigenvalue weighted by Gasteiger charge is 1.98. The van der Waals surface area contributed by atoms with Gasteiger partial charge in [-0.25, -0.2) is 9.59 Å². The van der Waals surface area contributed by atoms with Gasteiger partial charge in [-0.3, -0.25) is 0 Å². The second-order valence-corrected chi connectivity index (χ2v) is 2.37. The highest BCUT2D eigenvalue weighted by atomic mass is 79.9. The largest absolute Gasteiger partial charge is 0.478 e. The summed E-state index contributed by atoms with van der Waals surface area (Å²) < 4.78 is -0.0880. The van der Waals surface area contributed by atoms with Crippen molar-refractivity contribution >= 4 is 27.9 Å². The van der Waals surface area contributed by atoms with E-state index in [9.17, 15) is 9.59 Å². The summed E-state index contributed by atoms with van der Waals surface area (Å²) in [5.74, 6) is -2.26. The Labute approximate surface area is 71.0 Å². The molecule has 0 rings (SSSR count). The van der Waals surface area contributed by atoms with E-state index in [0.717, 1.165) is 18.2 Å². The van der Waals surface area contributed by atoms with Crippen LogP contribution in [0.3, 0.4) is 0 Å². The summed E-state index contributed by atoms with van der Waals surface area (Å²) >= 11 is 2.71. The molecule has 0 aliphatic rings. The summed E-state index contributed by atoms with van der Waals surface area (Å²) in [5.41, 5.74) is 0. The topological polar surface area (TPSA) is 74.6 Å². The smallest absolute Gasteiger partial charge is 0.342 e. The molecule has 0 bridgehead atoms. The number of aliphatic carboxylic acids is 2. The molecule has 0 saturated heterocycles. The molecule has 0 amide bonds. The van der Waals surface area contributed by atoms with Crippen LogP contribution in [-0.4, -0.2) is 22.2 Å². The van der Waals surface area contributed by atoms with Crippen molar-refractivity contribution in [3.63, 3.8) is 0 Å². The molecule has 0 aromatic carbocycles. The van der Waals surface area contributed by atoms with Crippen LogP contribution in [-0.2, 0) is 9.59 Å². The lowest BCUT2D eigenvalue weighted by Crippen LogP contribution is -1.92. The Bertz CT molecular complexity index is 229. The predicted octanol–water partition coefficient (Wildman–Crippen LogP) is 0.991. The summed E-state index contributed by atoms with van der Waals surface area (Å²) in [6.07, 6.45) is 3.10. The molecule has 2 N–H and O–H groups in total. The Kier molecular flexibility index (Phi) is 4.21. The maximum Gasteiger partial charge on any atom is 0.342 e. The van der Waals surface area contributed by atoms with Gasteiger partial charge in [-0.15, -0.1) is 0 Å². The van der Waals surface area contributed by atoms with Gasteiger partial charge in [0.1, 0.15) is 4.48 Å². The van der Waals surface area contributed by atoms with Crippen molar-refractivity contribution in [1.82, 2.24) is 0 Å². The third-order valence-electron chi connectivity index (χ3n) is 0.686. The van der Waals surface area contributed by atoms with E-state index in [2.05, 4.69) is 15.9 Å². The zero-order valence-corrected chi connectivity index (χ0v) is 6.91. The van der Waals surface area contributed by atoms with E-state index in [1.165, 1.54) is 0 Å². The summed E-state index contributed by atoms with van der Waals surface area (Å²) in [6, 6.07) is 0. The molecule has 0 aliphatic heterocycles. The molecule has 4 nitrogen and oxygen atoms in total. The molecule has 0 spiro atoms. The second-order valence-electron chi connectivity index (χ2n) is 1.52. The molecule has 0 unspecified atom stereocenters. The van der Waals surface area contributed by atoms with Crippen LogP contribution in [0.4, 0.5) is 0 Å². The molecule has 0 heterocycles. The van der Waals surface area contributed by atoms with E-state index >= 15 is 0 Å². The van der Waals surface area contributed by atoms with Crippen molar-refractivity contribution < 1.29 is 19.8 Å². The Morgan fingerprint density at radius 3 is 2.18 bits per heavy atom. The zero-order valence-electron chi connectivity index (χ0n) is 5.32. The number of carbonyl (C=O) groups is 2. The van der Waals surface area contributed by atoms with Crippen LogP contribution in [0.25, 0.3) is 0 Å². The van der Waals surface area contributed by atoms with Crippen LogP contribution < -0.4 is 0 Å². The highest BCUT2D eigenvalue weighted by molar-refractivity contribution is 9.12. The first-order chi connectivity index (χ1) is 5.04. The van der Waals surface area contributed by atoms with Crippen LogP contribution in [0.5, 0.6) is 0 Å². The summed E-state index contributed by atoms with van der Waals surface area (Å²) in [5, 5.41) is 16.3. The van der Waals surface area contributed by atoms with Crippen molar-refractivity contribution in [3.8, 4) is 0 Å². The molecule has 0 atom stereocenters. The molecule has 60 valence electrons. The Hall–Kier alpha value is -1.10. The second kappa shape index (κ2) is 4.68. The molecular weight excluding hydrogens is 216 g/mol. The Morgan fingerprint density at radius 2 is 1.82 bits per heavy atom. The van der Waals surface area contributed by atoms with E-state index in [-0.39, 0.29) is 4.48 Å². The minimum absolute atomic E-state index is 0.0880. The van der Waals surface area contributed by atoms with Crippen molar-refractivity contribution in [2.75, 3.05) is 0 Å². The number of rotatable bonds is 3. The van der Waals surface area contributed by atoms with Crippen molar-refractivity contribution in [2.45, 2.75) is 0 Å². The Balaban J connectivity index is 4.13. The fourth-order valence-electron chi connectivity index (χ4n) is 0.286. The quantitative estimate of drug-likeness (QED) is 0.550. The van der Waals surface area contributed by atoms with Gasteiger partial charge in [0.15, 0.2) is 0 Å². The molecule has 0 fully saturated rings. The summed E-state index contributed by atoms with van der Waals surface area (Å²) in [6.45, 7) is 0. The highest BCUT2D eigenvalue weighted by Crippen LogP contribution is 2.03. The van der Waals surface area contributed by atoms with Gasteiger partial charge in [0.2, 0.25) is 0 Å². The first-order valence-corrected chi connectivity index (χ1v) is 3.33. The fraction of sp³-hybridized carbons (Fsp3) is 0. The van der Waals surface area contributed by atoms with E-state index in [0.29, 0.717) is 0 Å². The average molecular weight is 221 g/mol. The van der Waals surface area contributed by atoms with Gasteiger partial charge in [-0.2, -0.15) is 0 Å². The number of hydrogen-bond acceptors (Lipinski definition) is 2. The minimum Gasteiger partial charge on any atom is -0.478 e. The summed E-state index contributed by atoms with van der Waals surface area (Å²) in [7, 11) is 0. The van der Waals surface area contributed by atoms with E-state index in [4.69, 9.17) is 10.2 Å². The van der Waals surface area contributed by atoms with Crippen LogP contribution in [0.1, 0.15) is 0 Å². The number of carboxylic acids is 2. The molecule has 0 aromatic rings. The van der Waals surface area contributed by atoms with E-state index in [1.807, 2.05) is 0 Å². The van der Waals surface area contributed by atoms with Crippen LogP contribution >= 0.6 is 15.9 Å². The number of carboxylic acid groups (broad SMARTS) is 2. The zero-order chi connectivity index (χ0) is 8.85. The van der Waals surface area contributed by atoms with Crippen LogP contribution in [0.15, 0.2) is 22.7 Å². The average Bonchev–Trinajstić information content (AvgIpc) is 1.86. The van der Waals surface area contributed by atoms with Gasteiger partial charge >= 0.3 is 11.9 Å². The maximum absolute atomic E-state index is 10.1. The summed E-state index contributed by atoms with van der Waals surface area (Å²) in [4.78, 5) is 20.0. The lowest BCUT2D eigenvalue weighted by atomic mass is 10.4. The Morgan fingerprint density at radius 1 is 1.27 bits per heavy atom. The predicted molar refractivity (Wildman–Crippen MR) is 41.4 cm³/mol. The van der Waals surface area contributed by atoms with Gasteiger partial charge in [-0.05, 0) is 22.0 Å². The van der Waals surface area contributed by atoms with Crippen molar-refractivity contribution in [3.05, 3.63) is 22.7 Å². The van der Waals surface area contributed by atoms with Gasteiger partial charge in [0, 0.05) is 6.08 Å². The molecule has 11 heavy (non-hydrogen) atoms. The van der Waals surface area contributed by atoms with Crippen LogP contribution in [0.2, 0.25) is 0 Å². The van der Waals surface area contributed by atoms with Gasteiger partial charge in [0.25, 0.3) is 0 Å². The number of allylic oxidation sites excluding steroid dienone is 2. The number of halogens is 1. The first-order valence-electron chi connectivity index (χ1n) is 2.54. The third-order valence-corrected chi connectivity index (χ3v) is 1.29. The monoisotopic (exact) mass is 220 g/mol. The lowest BCUT2D eigenvalue weighted by molar-refractivity contribution is -0.132. The molecular formula is C6H5BrO4. The molecule has 0 aliphatic carbocycles. The van der Waals surface area contributed by atoms with Gasteiger partial charge in [-0.1, -0.05) is 6.08 Å². The third kappa shape index (κ3) is 5.35. The standard InChI is InChI=1S/C6H5BrO4/c7-4(6(10)11)2-1-3-5(8)9/h1-3H,(H,8,9)(H,10,11). The SMILES string of the molecule is O=C(O)C=CC=C(Br)C(=O)O. The first kappa shape index (κ1) is 9.90. The normalized spacial score (nSPS) is 11.9. The molecule has 0 radical (unpaired) electrons. The van der Waals surface area contributed by atoms with Crippen molar-refractivity contribution in [1.29, 1.82) is 0 Å². The van der Waals surface area contributed by atoms with Gasteiger partial charge in [0.05, 0.1) is 0 Å². The molecule has 0 saturated carbocycles. The minimum atomic E-state index is -1.14. The van der Waals surface area contributed by atoms with Crippen LogP contribution in [0, 0.1) is 0 Å². The molecule has 5 heteroatoms. The van der Waals surface area contributed by atoms with Crippen molar-refractivity contribution in [2.24, 2.45) is 0 Å². The fourth-order valence-corrected chi connectivity index (χ4v) is 0.439. The van der Waals surface area contributed by atoms with Gasteiger partial charge < -0.3 is 10.2 Å². The molecule has 0 aromatic heterocycles. The lowest BCUT2D eigenvalue weighted by Gasteiger charge is -1.84. The number of hydrogen-bond donors (Lipinski definition) is 2. The van der Waals surface area contributed by atoms with E-state index < -0.39 is 11.9 Å². The maximum atomic E-state index is 10.1.